The average molecular weight is 283 g/mol. The van der Waals surface area contributed by atoms with Gasteiger partial charge in [0, 0.05) is 5.75 Å². The van der Waals surface area contributed by atoms with Crippen molar-refractivity contribution in [3.63, 3.8) is 0 Å². The summed E-state index contributed by atoms with van der Waals surface area (Å²) in [4.78, 5) is 22.3. The van der Waals surface area contributed by atoms with E-state index in [9.17, 15) is 9.59 Å². The van der Waals surface area contributed by atoms with E-state index in [0.717, 1.165) is 0 Å². The van der Waals surface area contributed by atoms with E-state index < -0.39 is 5.97 Å². The number of benzene rings is 1. The maximum Gasteiger partial charge on any atom is 0.304 e. The van der Waals surface area contributed by atoms with Crippen molar-refractivity contribution in [3.05, 3.63) is 24.3 Å². The van der Waals surface area contributed by atoms with Crippen LogP contribution in [0.3, 0.4) is 0 Å². The molecule has 1 aromatic carbocycles. The highest BCUT2D eigenvalue weighted by Crippen LogP contribution is 2.24. The number of para-hydroxylation sites is 2. The van der Waals surface area contributed by atoms with Gasteiger partial charge in [-0.15, -0.1) is 11.8 Å². The van der Waals surface area contributed by atoms with E-state index >= 15 is 0 Å². The minimum Gasteiger partial charge on any atom is -0.495 e. The maximum atomic E-state index is 11.9. The lowest BCUT2D eigenvalue weighted by molar-refractivity contribution is -0.136. The molecule has 0 saturated carbocycles. The monoisotopic (exact) mass is 283 g/mol. The minimum absolute atomic E-state index is 0.0525. The summed E-state index contributed by atoms with van der Waals surface area (Å²) in [6.45, 7) is 1.75. The second-order valence-corrected chi connectivity index (χ2v) is 5.29. The SMILES string of the molecule is COc1ccccc1NC(=O)C(C)SCCC(=O)O. The highest BCUT2D eigenvalue weighted by molar-refractivity contribution is 8.00. The largest absolute Gasteiger partial charge is 0.495 e. The molecule has 0 fully saturated rings. The van der Waals surface area contributed by atoms with Crippen LogP contribution in [-0.2, 0) is 9.59 Å². The first-order valence-corrected chi connectivity index (χ1v) is 6.86. The van der Waals surface area contributed by atoms with Crippen LogP contribution in [0.5, 0.6) is 5.75 Å². The second-order valence-electron chi connectivity index (χ2n) is 3.85. The van der Waals surface area contributed by atoms with Crippen molar-refractivity contribution in [1.82, 2.24) is 0 Å². The lowest BCUT2D eigenvalue weighted by Gasteiger charge is -2.13. The lowest BCUT2D eigenvalue weighted by Crippen LogP contribution is -2.23. The van der Waals surface area contributed by atoms with Crippen molar-refractivity contribution < 1.29 is 19.4 Å². The predicted octanol–water partition coefficient (Wildman–Crippen LogP) is 2.23. The van der Waals surface area contributed by atoms with Gasteiger partial charge in [0.05, 0.1) is 24.5 Å². The van der Waals surface area contributed by atoms with Crippen LogP contribution in [-0.4, -0.2) is 35.1 Å². The molecule has 1 atom stereocenters. The second kappa shape index (κ2) is 7.68. The normalized spacial score (nSPS) is 11.7. The van der Waals surface area contributed by atoms with Crippen LogP contribution in [0, 0.1) is 0 Å². The van der Waals surface area contributed by atoms with Crippen molar-refractivity contribution in [2.45, 2.75) is 18.6 Å². The predicted molar refractivity (Wildman–Crippen MR) is 75.8 cm³/mol. The van der Waals surface area contributed by atoms with Crippen LogP contribution in [0.1, 0.15) is 13.3 Å². The quantitative estimate of drug-likeness (QED) is 0.802. The van der Waals surface area contributed by atoms with Crippen LogP contribution in [0.25, 0.3) is 0 Å². The van der Waals surface area contributed by atoms with Gasteiger partial charge in [-0.1, -0.05) is 12.1 Å². The number of hydrogen-bond donors (Lipinski definition) is 2. The molecule has 2 N–H and O–H groups in total. The van der Waals surface area contributed by atoms with Gasteiger partial charge in [-0.3, -0.25) is 9.59 Å². The fourth-order valence-corrected chi connectivity index (χ4v) is 2.24. The molecule has 0 aliphatic heterocycles. The Morgan fingerprint density at radius 2 is 2.11 bits per heavy atom. The van der Waals surface area contributed by atoms with E-state index in [4.69, 9.17) is 9.84 Å². The van der Waals surface area contributed by atoms with Gasteiger partial charge < -0.3 is 15.2 Å². The number of anilines is 1. The number of hydrogen-bond acceptors (Lipinski definition) is 4. The van der Waals surface area contributed by atoms with Gasteiger partial charge in [-0.05, 0) is 19.1 Å². The number of carbonyl (C=O) groups is 2. The number of carboxylic acids is 1. The summed E-state index contributed by atoms with van der Waals surface area (Å²) in [5, 5.41) is 11.0. The number of thioether (sulfide) groups is 1. The molecule has 1 unspecified atom stereocenters. The van der Waals surface area contributed by atoms with Crippen LogP contribution in [0.2, 0.25) is 0 Å². The highest BCUT2D eigenvalue weighted by Gasteiger charge is 2.15. The Hall–Kier alpha value is -1.69. The third-order valence-corrected chi connectivity index (χ3v) is 3.57. The van der Waals surface area contributed by atoms with Gasteiger partial charge in [0.25, 0.3) is 0 Å². The molecule has 19 heavy (non-hydrogen) atoms. The van der Waals surface area contributed by atoms with Crippen LogP contribution in [0.4, 0.5) is 5.69 Å². The standard InChI is InChI=1S/C13H17NO4S/c1-9(19-8-7-12(15)16)13(17)14-10-5-3-4-6-11(10)18-2/h3-6,9H,7-8H2,1-2H3,(H,14,17)(H,15,16). The zero-order valence-electron chi connectivity index (χ0n) is 10.9. The summed E-state index contributed by atoms with van der Waals surface area (Å²) in [6.07, 6.45) is 0.0525. The molecule has 0 heterocycles. The van der Waals surface area contributed by atoms with Crippen molar-refractivity contribution >= 4 is 29.3 Å². The number of ether oxygens (including phenoxy) is 1. The first kappa shape index (κ1) is 15.4. The first-order chi connectivity index (χ1) is 9.04. The average Bonchev–Trinajstić information content (AvgIpc) is 2.38. The maximum absolute atomic E-state index is 11.9. The lowest BCUT2D eigenvalue weighted by atomic mass is 10.3. The van der Waals surface area contributed by atoms with Crippen LogP contribution >= 0.6 is 11.8 Å². The third kappa shape index (κ3) is 5.21. The summed E-state index contributed by atoms with van der Waals surface area (Å²) in [5.41, 5.74) is 0.612. The summed E-state index contributed by atoms with van der Waals surface area (Å²) >= 11 is 1.31. The number of nitrogens with one attached hydrogen (secondary N) is 1. The molecule has 1 amide bonds. The molecular weight excluding hydrogens is 266 g/mol. The van der Waals surface area contributed by atoms with E-state index in [0.29, 0.717) is 17.2 Å². The molecule has 1 rings (SSSR count). The third-order valence-electron chi connectivity index (χ3n) is 2.42. The molecule has 0 aromatic heterocycles. The molecular formula is C13H17NO4S. The Kier molecular flexibility index (Phi) is 6.21. The number of rotatable bonds is 7. The molecule has 0 spiro atoms. The fraction of sp³-hybridized carbons (Fsp3) is 0.385. The van der Waals surface area contributed by atoms with Gasteiger partial charge in [-0.25, -0.2) is 0 Å². The van der Waals surface area contributed by atoms with Gasteiger partial charge in [-0.2, -0.15) is 0 Å². The van der Waals surface area contributed by atoms with Crippen LogP contribution in [0.15, 0.2) is 24.3 Å². The molecule has 1 aromatic rings. The summed E-state index contributed by atoms with van der Waals surface area (Å²) in [5.74, 6) is -0.0149. The van der Waals surface area contributed by atoms with E-state index in [1.165, 1.54) is 18.9 Å². The Bertz CT molecular complexity index is 450. The molecule has 0 aliphatic rings. The van der Waals surface area contributed by atoms with E-state index in [2.05, 4.69) is 5.32 Å². The number of aliphatic carboxylic acids is 1. The van der Waals surface area contributed by atoms with Crippen molar-refractivity contribution in [2.24, 2.45) is 0 Å². The van der Waals surface area contributed by atoms with E-state index in [1.54, 1.807) is 25.1 Å². The van der Waals surface area contributed by atoms with Crippen LogP contribution < -0.4 is 10.1 Å². The van der Waals surface area contributed by atoms with Gasteiger partial charge in [0.1, 0.15) is 5.75 Å². The smallest absolute Gasteiger partial charge is 0.304 e. The van der Waals surface area contributed by atoms with E-state index in [1.807, 2.05) is 6.07 Å². The Morgan fingerprint density at radius 3 is 2.74 bits per heavy atom. The molecule has 0 bridgehead atoms. The van der Waals surface area contributed by atoms with Crippen molar-refractivity contribution in [3.8, 4) is 5.75 Å². The van der Waals surface area contributed by atoms with Crippen molar-refractivity contribution in [1.29, 1.82) is 0 Å². The first-order valence-electron chi connectivity index (χ1n) is 5.82. The van der Waals surface area contributed by atoms with Crippen molar-refractivity contribution in [2.75, 3.05) is 18.2 Å². The Morgan fingerprint density at radius 1 is 1.42 bits per heavy atom. The molecule has 0 aliphatic carbocycles. The summed E-state index contributed by atoms with van der Waals surface area (Å²) in [7, 11) is 1.54. The van der Waals surface area contributed by atoms with Gasteiger partial charge >= 0.3 is 5.97 Å². The molecule has 6 heteroatoms. The molecule has 5 nitrogen and oxygen atoms in total. The molecule has 0 radical (unpaired) electrons. The number of amides is 1. The Labute approximate surface area is 116 Å². The summed E-state index contributed by atoms with van der Waals surface area (Å²) < 4.78 is 5.14. The zero-order chi connectivity index (χ0) is 14.3. The zero-order valence-corrected chi connectivity index (χ0v) is 11.7. The van der Waals surface area contributed by atoms with Gasteiger partial charge in [0.2, 0.25) is 5.91 Å². The Balaban J connectivity index is 2.51. The molecule has 0 saturated heterocycles. The highest BCUT2D eigenvalue weighted by atomic mass is 32.2. The molecule has 104 valence electrons. The van der Waals surface area contributed by atoms with Gasteiger partial charge in [0.15, 0.2) is 0 Å². The number of carbonyl (C=O) groups excluding carboxylic acids is 1. The fourth-order valence-electron chi connectivity index (χ4n) is 1.38. The summed E-state index contributed by atoms with van der Waals surface area (Å²) in [6, 6.07) is 7.14. The van der Waals surface area contributed by atoms with E-state index in [-0.39, 0.29) is 17.6 Å². The number of methoxy groups -OCH3 is 1. The topological polar surface area (TPSA) is 75.6 Å². The number of carboxylic acid groups (broad SMARTS) is 1. The minimum atomic E-state index is -0.857.